The van der Waals surface area contributed by atoms with Gasteiger partial charge in [-0.1, -0.05) is 36.4 Å². The molecule has 0 heterocycles. The number of benzene rings is 2. The van der Waals surface area contributed by atoms with E-state index in [1.54, 1.807) is 11.9 Å². The van der Waals surface area contributed by atoms with E-state index in [4.69, 9.17) is 4.79 Å². The molecule has 98 valence electrons. The van der Waals surface area contributed by atoms with Gasteiger partial charge in [-0.05, 0) is 24.3 Å². The highest BCUT2D eigenvalue weighted by Crippen LogP contribution is 2.14. The lowest BCUT2D eigenvalue weighted by Gasteiger charge is -2.17. The molecule has 0 saturated heterocycles. The first kappa shape index (κ1) is 14.4. The number of rotatable bonds is 2. The van der Waals surface area contributed by atoms with Gasteiger partial charge in [0.2, 0.25) is 6.41 Å². The van der Waals surface area contributed by atoms with Crippen LogP contribution < -0.4 is 10.6 Å². The summed E-state index contributed by atoms with van der Waals surface area (Å²) in [4.78, 5) is 22.3. The summed E-state index contributed by atoms with van der Waals surface area (Å²) >= 11 is 0. The minimum atomic E-state index is 0.00630. The Labute approximate surface area is 112 Å². The van der Waals surface area contributed by atoms with Gasteiger partial charge in [0.1, 0.15) is 0 Å². The van der Waals surface area contributed by atoms with Crippen molar-refractivity contribution in [3.8, 4) is 0 Å². The van der Waals surface area contributed by atoms with Crippen molar-refractivity contribution in [1.82, 2.24) is 0 Å². The summed E-state index contributed by atoms with van der Waals surface area (Å²) in [5, 5.41) is 0. The van der Waals surface area contributed by atoms with Crippen LogP contribution in [0.2, 0.25) is 0 Å². The van der Waals surface area contributed by atoms with Gasteiger partial charge in [-0.15, -0.1) is 0 Å². The van der Waals surface area contributed by atoms with Crippen molar-refractivity contribution in [1.29, 1.82) is 0 Å². The molecule has 0 spiro atoms. The smallest absolute Gasteiger partial charge is 0.258 e. The van der Waals surface area contributed by atoms with Crippen molar-refractivity contribution in [2.45, 2.75) is 0 Å². The standard InChI is InChI=1S/C14H13NO.CH3NO/c1-15(13-10-6-3-7-11-13)14(16)12-8-4-2-5-9-12;2-1-3/h2-11H,1H3;1H,(H2,2,3). The zero-order valence-corrected chi connectivity index (χ0v) is 10.7. The highest BCUT2D eigenvalue weighted by molar-refractivity contribution is 6.05. The zero-order valence-electron chi connectivity index (χ0n) is 10.7. The SMILES string of the molecule is CN(C(=O)c1ccccc1)c1ccccc1.NC=O. The molecule has 4 nitrogen and oxygen atoms in total. The third-order valence-electron chi connectivity index (χ3n) is 2.47. The Morgan fingerprint density at radius 3 is 1.89 bits per heavy atom. The van der Waals surface area contributed by atoms with Crippen molar-refractivity contribution in [2.24, 2.45) is 5.73 Å². The molecule has 0 radical (unpaired) electrons. The molecule has 2 amide bonds. The molecule has 2 N–H and O–H groups in total. The molecule has 0 fully saturated rings. The summed E-state index contributed by atoms with van der Waals surface area (Å²) in [5.74, 6) is 0.00630. The lowest BCUT2D eigenvalue weighted by molar-refractivity contribution is -0.106. The quantitative estimate of drug-likeness (QED) is 0.836. The van der Waals surface area contributed by atoms with Crippen molar-refractivity contribution in [3.05, 3.63) is 66.2 Å². The van der Waals surface area contributed by atoms with Gasteiger partial charge in [0.15, 0.2) is 0 Å². The first-order chi connectivity index (χ1) is 9.20. The molecule has 0 aliphatic rings. The lowest BCUT2D eigenvalue weighted by Crippen LogP contribution is -2.25. The van der Waals surface area contributed by atoms with Gasteiger partial charge >= 0.3 is 0 Å². The number of amides is 2. The van der Waals surface area contributed by atoms with Crippen molar-refractivity contribution < 1.29 is 9.59 Å². The molecule has 0 unspecified atom stereocenters. The minimum Gasteiger partial charge on any atom is -0.372 e. The molecule has 19 heavy (non-hydrogen) atoms. The number of carbonyl (C=O) groups is 2. The summed E-state index contributed by atoms with van der Waals surface area (Å²) in [6, 6.07) is 18.9. The Bertz CT molecular complexity index is 512. The van der Waals surface area contributed by atoms with E-state index in [0.717, 1.165) is 5.69 Å². The molecule has 0 bridgehead atoms. The van der Waals surface area contributed by atoms with Gasteiger partial charge in [-0.3, -0.25) is 9.59 Å². The Morgan fingerprint density at radius 1 is 1.00 bits per heavy atom. The fourth-order valence-corrected chi connectivity index (χ4v) is 1.54. The van der Waals surface area contributed by atoms with Crippen molar-refractivity contribution >= 4 is 18.0 Å². The van der Waals surface area contributed by atoms with E-state index in [9.17, 15) is 4.79 Å². The molecule has 0 aromatic heterocycles. The predicted octanol–water partition coefficient (Wildman–Crippen LogP) is 2.06. The molecular weight excluding hydrogens is 240 g/mol. The van der Waals surface area contributed by atoms with Crippen LogP contribution in [-0.2, 0) is 4.79 Å². The maximum atomic E-state index is 12.1. The normalized spacial score (nSPS) is 8.89. The number of hydrogen-bond acceptors (Lipinski definition) is 2. The van der Waals surface area contributed by atoms with Crippen LogP contribution in [0.5, 0.6) is 0 Å². The highest BCUT2D eigenvalue weighted by Gasteiger charge is 2.11. The van der Waals surface area contributed by atoms with E-state index >= 15 is 0 Å². The fourth-order valence-electron chi connectivity index (χ4n) is 1.54. The Hall–Kier alpha value is -2.62. The van der Waals surface area contributed by atoms with Crippen LogP contribution in [0.3, 0.4) is 0 Å². The number of nitrogens with zero attached hydrogens (tertiary/aromatic N) is 1. The van der Waals surface area contributed by atoms with Gasteiger partial charge in [-0.25, -0.2) is 0 Å². The van der Waals surface area contributed by atoms with Crippen LogP contribution in [0.15, 0.2) is 60.7 Å². The third kappa shape index (κ3) is 4.27. The maximum absolute atomic E-state index is 12.1. The van der Waals surface area contributed by atoms with E-state index in [-0.39, 0.29) is 12.3 Å². The van der Waals surface area contributed by atoms with E-state index in [0.29, 0.717) is 5.56 Å². The summed E-state index contributed by atoms with van der Waals surface area (Å²) in [6.45, 7) is 0. The summed E-state index contributed by atoms with van der Waals surface area (Å²) in [7, 11) is 1.78. The van der Waals surface area contributed by atoms with Crippen molar-refractivity contribution in [2.75, 3.05) is 11.9 Å². The number of primary amides is 1. The Kier molecular flexibility index (Phi) is 5.82. The lowest BCUT2D eigenvalue weighted by atomic mass is 10.2. The number of carbonyl (C=O) groups excluding carboxylic acids is 2. The van der Waals surface area contributed by atoms with Crippen LogP contribution in [-0.4, -0.2) is 19.4 Å². The molecular formula is C15H16N2O2. The first-order valence-electron chi connectivity index (χ1n) is 5.74. The molecule has 2 rings (SSSR count). The molecule has 0 saturated carbocycles. The van der Waals surface area contributed by atoms with Crippen LogP contribution in [0.25, 0.3) is 0 Å². The average Bonchev–Trinajstić information content (AvgIpc) is 2.48. The maximum Gasteiger partial charge on any atom is 0.258 e. The molecule has 0 aliphatic carbocycles. The number of para-hydroxylation sites is 1. The fraction of sp³-hybridized carbons (Fsp3) is 0.0667. The van der Waals surface area contributed by atoms with E-state index in [2.05, 4.69) is 5.73 Å². The minimum absolute atomic E-state index is 0.00630. The van der Waals surface area contributed by atoms with E-state index < -0.39 is 0 Å². The largest absolute Gasteiger partial charge is 0.372 e. The second kappa shape index (κ2) is 7.66. The van der Waals surface area contributed by atoms with Gasteiger partial charge < -0.3 is 10.6 Å². The number of anilines is 1. The van der Waals surface area contributed by atoms with Crippen LogP contribution in [0.4, 0.5) is 5.69 Å². The predicted molar refractivity (Wildman–Crippen MR) is 75.9 cm³/mol. The molecule has 2 aromatic rings. The average molecular weight is 256 g/mol. The van der Waals surface area contributed by atoms with Crippen LogP contribution >= 0.6 is 0 Å². The second-order valence-electron chi connectivity index (χ2n) is 3.70. The van der Waals surface area contributed by atoms with E-state index in [1.807, 2.05) is 60.7 Å². The molecule has 2 aromatic carbocycles. The van der Waals surface area contributed by atoms with Gasteiger partial charge in [0.25, 0.3) is 5.91 Å². The van der Waals surface area contributed by atoms with Crippen LogP contribution in [0.1, 0.15) is 10.4 Å². The second-order valence-corrected chi connectivity index (χ2v) is 3.70. The summed E-state index contributed by atoms with van der Waals surface area (Å²) < 4.78 is 0. The molecule has 4 heteroatoms. The Morgan fingerprint density at radius 2 is 1.42 bits per heavy atom. The zero-order chi connectivity index (χ0) is 14.1. The molecule has 0 aliphatic heterocycles. The summed E-state index contributed by atoms with van der Waals surface area (Å²) in [5.41, 5.74) is 5.77. The van der Waals surface area contributed by atoms with E-state index in [1.165, 1.54) is 0 Å². The molecule has 0 atom stereocenters. The van der Waals surface area contributed by atoms with Gasteiger partial charge in [0, 0.05) is 18.3 Å². The number of nitrogens with two attached hydrogens (primary N) is 1. The van der Waals surface area contributed by atoms with Gasteiger partial charge in [0.05, 0.1) is 0 Å². The van der Waals surface area contributed by atoms with Gasteiger partial charge in [-0.2, -0.15) is 0 Å². The van der Waals surface area contributed by atoms with Crippen LogP contribution in [0, 0.1) is 0 Å². The Balaban J connectivity index is 0.000000550. The monoisotopic (exact) mass is 256 g/mol. The highest BCUT2D eigenvalue weighted by atomic mass is 16.2. The summed E-state index contributed by atoms with van der Waals surface area (Å²) in [6.07, 6.45) is 0.250. The topological polar surface area (TPSA) is 63.4 Å². The third-order valence-corrected chi connectivity index (χ3v) is 2.47. The van der Waals surface area contributed by atoms with Crippen molar-refractivity contribution in [3.63, 3.8) is 0 Å². The first-order valence-corrected chi connectivity index (χ1v) is 5.74. The number of hydrogen-bond donors (Lipinski definition) is 1.